The number of anilines is 1. The van der Waals surface area contributed by atoms with Gasteiger partial charge in [-0.25, -0.2) is 12.8 Å². The molecule has 2 aromatic carbocycles. The SMILES string of the molecule is COc1cc(F)ccc1-c1ccncc1N(C)C(=O)c1cc(C(F)(F)F)ccc1S(=O)(=O)CCN. The van der Waals surface area contributed by atoms with Gasteiger partial charge in [0.15, 0.2) is 9.84 Å². The molecule has 12 heteroatoms. The number of ether oxygens (including phenoxy) is 1. The van der Waals surface area contributed by atoms with E-state index in [4.69, 9.17) is 10.5 Å². The molecule has 0 aliphatic carbocycles. The lowest BCUT2D eigenvalue weighted by atomic mass is 10.0. The second-order valence-electron chi connectivity index (χ2n) is 7.42. The van der Waals surface area contributed by atoms with Crippen LogP contribution in [0.25, 0.3) is 11.1 Å². The van der Waals surface area contributed by atoms with Crippen molar-refractivity contribution in [3.05, 3.63) is 71.8 Å². The van der Waals surface area contributed by atoms with Crippen molar-refractivity contribution in [2.45, 2.75) is 11.1 Å². The van der Waals surface area contributed by atoms with Crippen molar-refractivity contribution in [1.82, 2.24) is 4.98 Å². The standard InChI is InChI=1S/C23H21F4N3O4S/c1-30(19-13-29-9-7-16(19)17-5-4-15(24)12-20(17)34-2)22(31)18-11-14(23(25,26)27)3-6-21(18)35(32,33)10-8-28/h3-7,9,11-13H,8,10,28H2,1-2H3. The number of amides is 1. The number of nitrogens with zero attached hydrogens (tertiary/aromatic N) is 2. The van der Waals surface area contributed by atoms with Gasteiger partial charge in [0.2, 0.25) is 0 Å². The van der Waals surface area contributed by atoms with Gasteiger partial charge in [-0.3, -0.25) is 9.78 Å². The molecule has 0 saturated carbocycles. The first-order chi connectivity index (χ1) is 16.4. The summed E-state index contributed by atoms with van der Waals surface area (Å²) in [5.41, 5.74) is 4.35. The van der Waals surface area contributed by atoms with Crippen LogP contribution < -0.4 is 15.4 Å². The minimum atomic E-state index is -4.81. The number of rotatable bonds is 7. The van der Waals surface area contributed by atoms with Crippen LogP contribution in [0.3, 0.4) is 0 Å². The highest BCUT2D eigenvalue weighted by Gasteiger charge is 2.34. The summed E-state index contributed by atoms with van der Waals surface area (Å²) in [5, 5.41) is 0. The summed E-state index contributed by atoms with van der Waals surface area (Å²) in [6.45, 7) is -0.288. The summed E-state index contributed by atoms with van der Waals surface area (Å²) in [5.74, 6) is -2.01. The third-order valence-electron chi connectivity index (χ3n) is 5.18. The number of carbonyl (C=O) groups excluding carboxylic acids is 1. The van der Waals surface area contributed by atoms with Gasteiger partial charge >= 0.3 is 6.18 Å². The molecule has 3 aromatic rings. The molecule has 0 saturated heterocycles. The Balaban J connectivity index is 2.18. The lowest BCUT2D eigenvalue weighted by Gasteiger charge is -2.23. The van der Waals surface area contributed by atoms with Crippen molar-refractivity contribution in [2.75, 3.05) is 31.4 Å². The highest BCUT2D eigenvalue weighted by Crippen LogP contribution is 2.38. The summed E-state index contributed by atoms with van der Waals surface area (Å²) in [4.78, 5) is 17.8. The van der Waals surface area contributed by atoms with Gasteiger partial charge in [-0.2, -0.15) is 13.2 Å². The first-order valence-corrected chi connectivity index (χ1v) is 11.8. The first-order valence-electron chi connectivity index (χ1n) is 10.1. The zero-order chi connectivity index (χ0) is 26.0. The molecular weight excluding hydrogens is 490 g/mol. The Morgan fingerprint density at radius 2 is 1.83 bits per heavy atom. The van der Waals surface area contributed by atoms with Crippen LogP contribution in [0, 0.1) is 5.82 Å². The Morgan fingerprint density at radius 3 is 2.46 bits per heavy atom. The molecule has 0 bridgehead atoms. The van der Waals surface area contributed by atoms with Gasteiger partial charge in [0.1, 0.15) is 11.6 Å². The number of hydrogen-bond acceptors (Lipinski definition) is 6. The van der Waals surface area contributed by atoms with Crippen LogP contribution in [0.15, 0.2) is 59.8 Å². The Bertz CT molecular complexity index is 1360. The second-order valence-corrected chi connectivity index (χ2v) is 9.50. The lowest BCUT2D eigenvalue weighted by Crippen LogP contribution is -2.29. The van der Waals surface area contributed by atoms with E-state index in [1.54, 1.807) is 0 Å². The number of carbonyl (C=O) groups is 1. The van der Waals surface area contributed by atoms with Gasteiger partial charge in [0.25, 0.3) is 5.91 Å². The van der Waals surface area contributed by atoms with Crippen molar-refractivity contribution in [3.8, 4) is 16.9 Å². The monoisotopic (exact) mass is 511 g/mol. The third kappa shape index (κ3) is 5.43. The number of sulfone groups is 1. The largest absolute Gasteiger partial charge is 0.496 e. The van der Waals surface area contributed by atoms with Crippen LogP contribution in [-0.4, -0.2) is 45.8 Å². The predicted octanol–water partition coefficient (Wildman–Crippen LogP) is 3.92. The van der Waals surface area contributed by atoms with E-state index in [-0.39, 0.29) is 18.0 Å². The Labute approximate surface area is 199 Å². The average Bonchev–Trinajstić information content (AvgIpc) is 2.82. The molecule has 0 fully saturated rings. The highest BCUT2D eigenvalue weighted by atomic mass is 32.2. The summed E-state index contributed by atoms with van der Waals surface area (Å²) in [6, 6.07) is 7.07. The quantitative estimate of drug-likeness (QED) is 0.483. The van der Waals surface area contributed by atoms with Crippen molar-refractivity contribution >= 4 is 21.4 Å². The second kappa shape index (κ2) is 10.0. The zero-order valence-electron chi connectivity index (χ0n) is 18.6. The maximum atomic E-state index is 13.7. The molecule has 1 amide bonds. The predicted molar refractivity (Wildman–Crippen MR) is 121 cm³/mol. The van der Waals surface area contributed by atoms with E-state index in [0.717, 1.165) is 17.0 Å². The van der Waals surface area contributed by atoms with Crippen LogP contribution in [0.5, 0.6) is 5.75 Å². The first kappa shape index (κ1) is 26.1. The van der Waals surface area contributed by atoms with Crippen molar-refractivity contribution in [2.24, 2.45) is 5.73 Å². The average molecular weight is 511 g/mol. The van der Waals surface area contributed by atoms with Crippen molar-refractivity contribution < 1.29 is 35.5 Å². The molecule has 0 aliphatic heterocycles. The molecule has 1 heterocycles. The van der Waals surface area contributed by atoms with E-state index >= 15 is 0 Å². The number of aromatic nitrogens is 1. The number of halogens is 4. The molecule has 7 nitrogen and oxygen atoms in total. The smallest absolute Gasteiger partial charge is 0.416 e. The molecule has 3 rings (SSSR count). The number of benzene rings is 2. The molecule has 35 heavy (non-hydrogen) atoms. The Hall–Kier alpha value is -3.51. The van der Waals surface area contributed by atoms with Gasteiger partial charge in [-0.15, -0.1) is 0 Å². The Kier molecular flexibility index (Phi) is 7.46. The number of methoxy groups -OCH3 is 1. The molecule has 0 radical (unpaired) electrons. The number of alkyl halides is 3. The molecule has 0 aliphatic rings. The normalized spacial score (nSPS) is 11.9. The molecule has 186 valence electrons. The van der Waals surface area contributed by atoms with Gasteiger partial charge in [-0.05, 0) is 36.4 Å². The van der Waals surface area contributed by atoms with Crippen LogP contribution in [0.4, 0.5) is 23.2 Å². The summed E-state index contributed by atoms with van der Waals surface area (Å²) in [7, 11) is -1.57. The van der Waals surface area contributed by atoms with Crippen molar-refractivity contribution in [1.29, 1.82) is 0 Å². The van der Waals surface area contributed by atoms with Crippen LogP contribution in [0.1, 0.15) is 15.9 Å². The minimum Gasteiger partial charge on any atom is -0.496 e. The van der Waals surface area contributed by atoms with Crippen LogP contribution in [0.2, 0.25) is 0 Å². The van der Waals surface area contributed by atoms with Gasteiger partial charge in [0, 0.05) is 37.0 Å². The maximum absolute atomic E-state index is 13.7. The van der Waals surface area contributed by atoms with E-state index in [9.17, 15) is 30.8 Å². The fraction of sp³-hybridized carbons (Fsp3) is 0.217. The fourth-order valence-corrected chi connectivity index (χ4v) is 4.76. The van der Waals surface area contributed by atoms with Crippen LogP contribution in [-0.2, 0) is 16.0 Å². The number of pyridine rings is 1. The molecule has 1 aromatic heterocycles. The van der Waals surface area contributed by atoms with E-state index < -0.39 is 49.5 Å². The zero-order valence-corrected chi connectivity index (χ0v) is 19.5. The molecule has 0 spiro atoms. The third-order valence-corrected chi connectivity index (χ3v) is 6.98. The van der Waals surface area contributed by atoms with Crippen LogP contribution >= 0.6 is 0 Å². The van der Waals surface area contributed by atoms with E-state index in [0.29, 0.717) is 23.3 Å². The fourth-order valence-electron chi connectivity index (χ4n) is 3.47. The van der Waals surface area contributed by atoms with E-state index in [2.05, 4.69) is 4.98 Å². The lowest BCUT2D eigenvalue weighted by molar-refractivity contribution is -0.137. The minimum absolute atomic E-state index is 0.127. The number of nitrogens with two attached hydrogens (primary N) is 1. The maximum Gasteiger partial charge on any atom is 0.416 e. The topological polar surface area (TPSA) is 103 Å². The Morgan fingerprint density at radius 1 is 1.11 bits per heavy atom. The summed E-state index contributed by atoms with van der Waals surface area (Å²) in [6.07, 6.45) is -2.14. The summed E-state index contributed by atoms with van der Waals surface area (Å²) >= 11 is 0. The number of hydrogen-bond donors (Lipinski definition) is 1. The van der Waals surface area contributed by atoms with E-state index in [1.165, 1.54) is 44.8 Å². The van der Waals surface area contributed by atoms with Gasteiger partial charge in [-0.1, -0.05) is 0 Å². The molecular formula is C23H21F4N3O4S. The van der Waals surface area contributed by atoms with Gasteiger partial charge in [0.05, 0.1) is 40.8 Å². The molecule has 0 unspecified atom stereocenters. The van der Waals surface area contributed by atoms with E-state index in [1.807, 2.05) is 0 Å². The summed E-state index contributed by atoms with van der Waals surface area (Å²) < 4.78 is 84.4. The highest BCUT2D eigenvalue weighted by molar-refractivity contribution is 7.91. The molecule has 2 N–H and O–H groups in total. The molecule has 0 atom stereocenters. The van der Waals surface area contributed by atoms with Gasteiger partial charge < -0.3 is 15.4 Å². The van der Waals surface area contributed by atoms with Crippen molar-refractivity contribution in [3.63, 3.8) is 0 Å².